The first-order valence-corrected chi connectivity index (χ1v) is 9.94. The van der Waals surface area contributed by atoms with Crippen LogP contribution in [-0.2, 0) is 24.3 Å². The first kappa shape index (κ1) is 20.3. The molecular formula is C17H24N2O6S. The molecule has 1 fully saturated rings. The number of rotatable bonds is 8. The summed E-state index contributed by atoms with van der Waals surface area (Å²) in [5.41, 5.74) is 0.178. The predicted molar refractivity (Wildman–Crippen MR) is 94.2 cm³/mol. The summed E-state index contributed by atoms with van der Waals surface area (Å²) in [5.74, 6) is -0.986. The van der Waals surface area contributed by atoms with E-state index in [2.05, 4.69) is 4.72 Å². The lowest BCUT2D eigenvalue weighted by atomic mass is 10.2. The van der Waals surface area contributed by atoms with Gasteiger partial charge in [-0.3, -0.25) is 9.59 Å². The first-order valence-electron chi connectivity index (χ1n) is 8.46. The maximum atomic E-state index is 12.4. The normalized spacial score (nSPS) is 17.1. The van der Waals surface area contributed by atoms with E-state index < -0.39 is 21.9 Å². The van der Waals surface area contributed by atoms with Crippen LogP contribution in [0.5, 0.6) is 0 Å². The number of benzene rings is 1. The van der Waals surface area contributed by atoms with Gasteiger partial charge >= 0.3 is 5.97 Å². The molecule has 0 spiro atoms. The van der Waals surface area contributed by atoms with Gasteiger partial charge < -0.3 is 14.4 Å². The number of hydrogen-bond acceptors (Lipinski definition) is 6. The largest absolute Gasteiger partial charge is 0.465 e. The lowest BCUT2D eigenvalue weighted by molar-refractivity contribution is -0.143. The van der Waals surface area contributed by atoms with E-state index in [9.17, 15) is 18.0 Å². The zero-order valence-corrected chi connectivity index (χ0v) is 15.8. The zero-order valence-electron chi connectivity index (χ0n) is 14.9. The fourth-order valence-corrected chi connectivity index (χ4v) is 3.69. The van der Waals surface area contributed by atoms with Crippen molar-refractivity contribution >= 4 is 21.9 Å². The number of sulfonamides is 1. The molecule has 0 bridgehead atoms. The number of hydrogen-bond donors (Lipinski definition) is 1. The van der Waals surface area contributed by atoms with Crippen molar-refractivity contribution in [3.63, 3.8) is 0 Å². The number of carbonyl (C=O) groups excluding carboxylic acids is 2. The average molecular weight is 384 g/mol. The molecule has 26 heavy (non-hydrogen) atoms. The van der Waals surface area contributed by atoms with Crippen LogP contribution in [0.15, 0.2) is 29.2 Å². The molecule has 1 saturated heterocycles. The number of nitrogens with one attached hydrogen (secondary N) is 1. The zero-order chi connectivity index (χ0) is 19.2. The van der Waals surface area contributed by atoms with Crippen molar-refractivity contribution in [2.24, 2.45) is 0 Å². The third kappa shape index (κ3) is 5.52. The van der Waals surface area contributed by atoms with Crippen LogP contribution in [0.3, 0.4) is 0 Å². The van der Waals surface area contributed by atoms with Gasteiger partial charge in [0.1, 0.15) is 6.54 Å². The standard InChI is InChI=1S/C17H24N2O6S/c1-3-24-16(20)12-19(2)17(21)13-6-4-8-15(10-13)26(22,23)18-11-14-7-5-9-25-14/h4,6,8,10,14,18H,3,5,7,9,11-12H2,1-2H3. The molecule has 1 aliphatic heterocycles. The van der Waals surface area contributed by atoms with E-state index in [1.165, 1.54) is 36.2 Å². The molecule has 0 saturated carbocycles. The lowest BCUT2D eigenvalue weighted by Gasteiger charge is -2.17. The van der Waals surface area contributed by atoms with Crippen LogP contribution in [0.4, 0.5) is 0 Å². The van der Waals surface area contributed by atoms with Gasteiger partial charge in [0.2, 0.25) is 10.0 Å². The molecule has 1 aromatic rings. The van der Waals surface area contributed by atoms with Gasteiger partial charge in [-0.1, -0.05) is 6.07 Å². The number of amides is 1. The maximum absolute atomic E-state index is 12.4. The summed E-state index contributed by atoms with van der Waals surface area (Å²) < 4.78 is 37.6. The summed E-state index contributed by atoms with van der Waals surface area (Å²) in [6.07, 6.45) is 1.62. The van der Waals surface area contributed by atoms with Crippen molar-refractivity contribution in [1.29, 1.82) is 0 Å². The highest BCUT2D eigenvalue weighted by Crippen LogP contribution is 2.15. The number of esters is 1. The lowest BCUT2D eigenvalue weighted by Crippen LogP contribution is -2.34. The summed E-state index contributed by atoms with van der Waals surface area (Å²) in [4.78, 5) is 25.1. The van der Waals surface area contributed by atoms with Crippen LogP contribution in [-0.4, -0.2) is 64.6 Å². The molecule has 1 N–H and O–H groups in total. The Morgan fingerprint density at radius 3 is 2.81 bits per heavy atom. The van der Waals surface area contributed by atoms with E-state index in [0.717, 1.165) is 12.8 Å². The van der Waals surface area contributed by atoms with Crippen molar-refractivity contribution < 1.29 is 27.5 Å². The van der Waals surface area contributed by atoms with Crippen LogP contribution in [0.2, 0.25) is 0 Å². The second-order valence-corrected chi connectivity index (χ2v) is 7.75. The molecule has 1 heterocycles. The van der Waals surface area contributed by atoms with Gasteiger partial charge in [-0.15, -0.1) is 0 Å². The molecule has 1 amide bonds. The summed E-state index contributed by atoms with van der Waals surface area (Å²) in [7, 11) is -2.30. The Morgan fingerprint density at radius 2 is 2.15 bits per heavy atom. The molecule has 1 aliphatic rings. The Bertz CT molecular complexity index is 743. The van der Waals surface area contributed by atoms with Gasteiger partial charge in [0.15, 0.2) is 0 Å². The average Bonchev–Trinajstić information content (AvgIpc) is 3.13. The van der Waals surface area contributed by atoms with Crippen molar-refractivity contribution in [2.45, 2.75) is 30.8 Å². The highest BCUT2D eigenvalue weighted by atomic mass is 32.2. The highest BCUT2D eigenvalue weighted by molar-refractivity contribution is 7.89. The molecule has 144 valence electrons. The molecule has 0 radical (unpaired) electrons. The summed E-state index contributed by atoms with van der Waals surface area (Å²) in [5, 5.41) is 0. The minimum Gasteiger partial charge on any atom is -0.465 e. The second-order valence-electron chi connectivity index (χ2n) is 5.98. The predicted octanol–water partition coefficient (Wildman–Crippen LogP) is 0.779. The topological polar surface area (TPSA) is 102 Å². The third-order valence-corrected chi connectivity index (χ3v) is 5.36. The Morgan fingerprint density at radius 1 is 1.38 bits per heavy atom. The molecule has 1 unspecified atom stereocenters. The van der Waals surface area contributed by atoms with Crippen LogP contribution in [0, 0.1) is 0 Å². The van der Waals surface area contributed by atoms with Crippen molar-refractivity contribution in [1.82, 2.24) is 9.62 Å². The van der Waals surface area contributed by atoms with Gasteiger partial charge in [0, 0.05) is 25.8 Å². The van der Waals surface area contributed by atoms with Crippen LogP contribution in [0.25, 0.3) is 0 Å². The molecule has 0 aromatic heterocycles. The Labute approximate surface area is 153 Å². The van der Waals surface area contributed by atoms with Gasteiger partial charge in [-0.25, -0.2) is 13.1 Å². The van der Waals surface area contributed by atoms with E-state index in [1.807, 2.05) is 0 Å². The number of ether oxygens (including phenoxy) is 2. The summed E-state index contributed by atoms with van der Waals surface area (Å²) in [6.45, 7) is 2.54. The van der Waals surface area contributed by atoms with E-state index in [1.54, 1.807) is 6.92 Å². The van der Waals surface area contributed by atoms with Crippen molar-refractivity contribution in [3.8, 4) is 0 Å². The second kappa shape index (κ2) is 9.11. The van der Waals surface area contributed by atoms with Crippen molar-refractivity contribution in [2.75, 3.05) is 33.4 Å². The van der Waals surface area contributed by atoms with Crippen LogP contribution in [0.1, 0.15) is 30.1 Å². The van der Waals surface area contributed by atoms with Gasteiger partial charge in [-0.05, 0) is 38.0 Å². The minimum absolute atomic E-state index is 0.00844. The molecule has 8 nitrogen and oxygen atoms in total. The van der Waals surface area contributed by atoms with Crippen LogP contribution >= 0.6 is 0 Å². The molecular weight excluding hydrogens is 360 g/mol. The molecule has 1 atom stereocenters. The number of nitrogens with zero attached hydrogens (tertiary/aromatic N) is 1. The fraction of sp³-hybridized carbons (Fsp3) is 0.529. The third-order valence-electron chi connectivity index (χ3n) is 3.93. The Kier molecular flexibility index (Phi) is 7.13. The van der Waals surface area contributed by atoms with E-state index in [-0.39, 0.29) is 36.3 Å². The van der Waals surface area contributed by atoms with Crippen molar-refractivity contribution in [3.05, 3.63) is 29.8 Å². The molecule has 9 heteroatoms. The molecule has 1 aromatic carbocycles. The first-order chi connectivity index (χ1) is 12.3. The van der Waals surface area contributed by atoms with E-state index >= 15 is 0 Å². The summed E-state index contributed by atoms with van der Waals surface area (Å²) >= 11 is 0. The fourth-order valence-electron chi connectivity index (χ4n) is 2.58. The SMILES string of the molecule is CCOC(=O)CN(C)C(=O)c1cccc(S(=O)(=O)NCC2CCCO2)c1. The number of carbonyl (C=O) groups is 2. The smallest absolute Gasteiger partial charge is 0.325 e. The highest BCUT2D eigenvalue weighted by Gasteiger charge is 2.22. The van der Waals surface area contributed by atoms with Crippen LogP contribution < -0.4 is 4.72 Å². The molecule has 2 rings (SSSR count). The number of likely N-dealkylation sites (N-methyl/N-ethyl adjacent to an activating group) is 1. The van der Waals surface area contributed by atoms with E-state index in [0.29, 0.717) is 6.61 Å². The van der Waals surface area contributed by atoms with Gasteiger partial charge in [0.25, 0.3) is 5.91 Å². The Hall–Kier alpha value is -1.97. The maximum Gasteiger partial charge on any atom is 0.325 e. The van der Waals surface area contributed by atoms with E-state index in [4.69, 9.17) is 9.47 Å². The van der Waals surface area contributed by atoms with Gasteiger partial charge in [-0.2, -0.15) is 0 Å². The van der Waals surface area contributed by atoms with Gasteiger partial charge in [0.05, 0.1) is 17.6 Å². The Balaban J connectivity index is 2.05. The minimum atomic E-state index is -3.75. The molecule has 0 aliphatic carbocycles. The summed E-state index contributed by atoms with van der Waals surface area (Å²) in [6, 6.07) is 5.71. The monoisotopic (exact) mass is 384 g/mol. The quantitative estimate of drug-likeness (QED) is 0.665.